The van der Waals surface area contributed by atoms with Crippen molar-refractivity contribution in [1.82, 2.24) is 29.5 Å². The molecule has 20 heavy (non-hydrogen) atoms. The van der Waals surface area contributed by atoms with E-state index in [4.69, 9.17) is 0 Å². The Morgan fingerprint density at radius 1 is 0.650 bits per heavy atom. The predicted molar refractivity (Wildman–Crippen MR) is 73.8 cm³/mol. The van der Waals surface area contributed by atoms with Crippen molar-refractivity contribution in [2.75, 3.05) is 0 Å². The van der Waals surface area contributed by atoms with Crippen molar-refractivity contribution >= 4 is 11.0 Å². The van der Waals surface area contributed by atoms with Gasteiger partial charge in [0.2, 0.25) is 0 Å². The van der Waals surface area contributed by atoms with Gasteiger partial charge in [0.1, 0.15) is 0 Å². The van der Waals surface area contributed by atoms with Crippen molar-refractivity contribution in [2.45, 2.75) is 0 Å². The minimum atomic E-state index is 0.650. The highest BCUT2D eigenvalue weighted by atomic mass is 15.4. The molecule has 6 heteroatoms. The average molecular weight is 262 g/mol. The molecule has 0 unspecified atom stereocenters. The molecule has 0 aliphatic carbocycles. The van der Waals surface area contributed by atoms with Crippen LogP contribution in [0.1, 0.15) is 0 Å². The SMILES string of the molecule is c1ccc2nc(-n3cccn3)c(-n3cccn3)nc2c1. The Kier molecular flexibility index (Phi) is 2.32. The average Bonchev–Trinajstić information content (AvgIpc) is 3.19. The lowest BCUT2D eigenvalue weighted by molar-refractivity contribution is 0.784. The van der Waals surface area contributed by atoms with Crippen molar-refractivity contribution in [2.24, 2.45) is 0 Å². The molecule has 0 aliphatic heterocycles. The maximum Gasteiger partial charge on any atom is 0.199 e. The van der Waals surface area contributed by atoms with E-state index in [9.17, 15) is 0 Å². The molecule has 1 aromatic carbocycles. The smallest absolute Gasteiger partial charge is 0.199 e. The van der Waals surface area contributed by atoms with Crippen LogP contribution in [0.15, 0.2) is 61.2 Å². The van der Waals surface area contributed by atoms with Crippen LogP contribution in [0.2, 0.25) is 0 Å². The van der Waals surface area contributed by atoms with Gasteiger partial charge in [0, 0.05) is 24.8 Å². The summed E-state index contributed by atoms with van der Waals surface area (Å²) in [5, 5.41) is 8.47. The monoisotopic (exact) mass is 262 g/mol. The summed E-state index contributed by atoms with van der Waals surface area (Å²) in [5.74, 6) is 1.30. The molecule has 3 aromatic heterocycles. The first kappa shape index (κ1) is 10.9. The summed E-state index contributed by atoms with van der Waals surface area (Å²) in [4.78, 5) is 9.30. The summed E-state index contributed by atoms with van der Waals surface area (Å²) < 4.78 is 3.38. The standard InChI is InChI=1S/C14H10N6/c1-2-6-12-11(5-1)17-13(19-9-3-7-15-19)14(18-12)20-10-4-8-16-20/h1-10H. The lowest BCUT2D eigenvalue weighted by Crippen LogP contribution is -2.09. The van der Waals surface area contributed by atoms with Gasteiger partial charge in [-0.1, -0.05) is 12.1 Å². The van der Waals surface area contributed by atoms with Crippen LogP contribution in [0.5, 0.6) is 0 Å². The van der Waals surface area contributed by atoms with E-state index in [1.807, 2.05) is 48.8 Å². The third-order valence-corrected chi connectivity index (χ3v) is 2.98. The number of nitrogens with zero attached hydrogens (tertiary/aromatic N) is 6. The quantitative estimate of drug-likeness (QED) is 0.554. The molecule has 0 N–H and O–H groups in total. The van der Waals surface area contributed by atoms with Crippen LogP contribution >= 0.6 is 0 Å². The zero-order chi connectivity index (χ0) is 13.4. The Morgan fingerprint density at radius 2 is 1.15 bits per heavy atom. The normalized spacial score (nSPS) is 11.0. The maximum atomic E-state index is 4.65. The van der Waals surface area contributed by atoms with Crippen molar-refractivity contribution in [3.8, 4) is 11.6 Å². The summed E-state index contributed by atoms with van der Waals surface area (Å²) in [6, 6.07) is 11.5. The second-order valence-electron chi connectivity index (χ2n) is 4.26. The van der Waals surface area contributed by atoms with Gasteiger partial charge in [-0.25, -0.2) is 19.3 Å². The largest absolute Gasteiger partial charge is 0.224 e. The van der Waals surface area contributed by atoms with Gasteiger partial charge in [0.15, 0.2) is 11.6 Å². The van der Waals surface area contributed by atoms with Crippen molar-refractivity contribution in [1.29, 1.82) is 0 Å². The Bertz CT molecular complexity index is 776. The van der Waals surface area contributed by atoms with E-state index in [-0.39, 0.29) is 0 Å². The Labute approximate surface area is 114 Å². The fourth-order valence-corrected chi connectivity index (χ4v) is 2.08. The maximum absolute atomic E-state index is 4.65. The fourth-order valence-electron chi connectivity index (χ4n) is 2.08. The van der Waals surface area contributed by atoms with Crippen LogP contribution in [-0.2, 0) is 0 Å². The molecule has 4 aromatic rings. The van der Waals surface area contributed by atoms with Gasteiger partial charge in [-0.2, -0.15) is 10.2 Å². The van der Waals surface area contributed by atoms with Gasteiger partial charge in [-0.3, -0.25) is 0 Å². The predicted octanol–water partition coefficient (Wildman–Crippen LogP) is 2.00. The lowest BCUT2D eigenvalue weighted by atomic mass is 10.3. The van der Waals surface area contributed by atoms with Crippen LogP contribution in [0.3, 0.4) is 0 Å². The summed E-state index contributed by atoms with van der Waals surface area (Å²) in [6.07, 6.45) is 7.10. The van der Waals surface area contributed by atoms with Gasteiger partial charge in [-0.05, 0) is 24.3 Å². The molecule has 0 saturated heterocycles. The number of benzene rings is 1. The molecule has 0 spiro atoms. The van der Waals surface area contributed by atoms with Crippen LogP contribution < -0.4 is 0 Å². The highest BCUT2D eigenvalue weighted by Gasteiger charge is 2.12. The molecule has 0 radical (unpaired) electrons. The van der Waals surface area contributed by atoms with Crippen molar-refractivity contribution in [3.63, 3.8) is 0 Å². The zero-order valence-electron chi connectivity index (χ0n) is 10.5. The number of para-hydroxylation sites is 2. The topological polar surface area (TPSA) is 61.4 Å². The highest BCUT2D eigenvalue weighted by molar-refractivity contribution is 5.76. The van der Waals surface area contributed by atoms with Crippen LogP contribution in [-0.4, -0.2) is 29.5 Å². The summed E-state index contributed by atoms with van der Waals surface area (Å²) in [7, 11) is 0. The third-order valence-electron chi connectivity index (χ3n) is 2.98. The molecule has 0 aliphatic rings. The molecule has 0 bridgehead atoms. The first-order valence-electron chi connectivity index (χ1n) is 6.19. The zero-order valence-corrected chi connectivity index (χ0v) is 10.5. The van der Waals surface area contributed by atoms with Crippen molar-refractivity contribution in [3.05, 3.63) is 61.2 Å². The van der Waals surface area contributed by atoms with E-state index in [2.05, 4.69) is 20.2 Å². The summed E-state index contributed by atoms with van der Waals surface area (Å²) >= 11 is 0. The first-order chi connectivity index (χ1) is 9.92. The fraction of sp³-hybridized carbons (Fsp3) is 0. The third kappa shape index (κ3) is 1.66. The molecule has 3 heterocycles. The van der Waals surface area contributed by atoms with Crippen LogP contribution in [0.25, 0.3) is 22.7 Å². The second kappa shape index (κ2) is 4.27. The molecule has 96 valence electrons. The van der Waals surface area contributed by atoms with Gasteiger partial charge >= 0.3 is 0 Å². The first-order valence-corrected chi connectivity index (χ1v) is 6.19. The van der Waals surface area contributed by atoms with E-state index in [0.717, 1.165) is 11.0 Å². The van der Waals surface area contributed by atoms with E-state index < -0.39 is 0 Å². The number of aromatic nitrogens is 6. The number of hydrogen-bond acceptors (Lipinski definition) is 4. The van der Waals surface area contributed by atoms with Crippen molar-refractivity contribution < 1.29 is 0 Å². The minimum absolute atomic E-state index is 0.650. The Hall–Kier alpha value is -3.02. The molecule has 6 nitrogen and oxygen atoms in total. The minimum Gasteiger partial charge on any atom is -0.224 e. The van der Waals surface area contributed by atoms with E-state index in [1.54, 1.807) is 21.8 Å². The van der Waals surface area contributed by atoms with Crippen LogP contribution in [0.4, 0.5) is 0 Å². The lowest BCUT2D eigenvalue weighted by Gasteiger charge is -2.09. The molecule has 0 amide bonds. The summed E-state index contributed by atoms with van der Waals surface area (Å²) in [5.41, 5.74) is 1.66. The van der Waals surface area contributed by atoms with Gasteiger partial charge in [0.05, 0.1) is 11.0 Å². The Morgan fingerprint density at radius 3 is 1.55 bits per heavy atom. The molecule has 0 saturated carbocycles. The molecular formula is C14H10N6. The molecule has 0 atom stereocenters. The number of fused-ring (bicyclic) bond motifs is 1. The van der Waals surface area contributed by atoms with Gasteiger partial charge in [-0.15, -0.1) is 0 Å². The van der Waals surface area contributed by atoms with Gasteiger partial charge in [0.25, 0.3) is 0 Å². The van der Waals surface area contributed by atoms with E-state index >= 15 is 0 Å². The van der Waals surface area contributed by atoms with E-state index in [0.29, 0.717) is 11.6 Å². The molecular weight excluding hydrogens is 252 g/mol. The summed E-state index contributed by atoms with van der Waals surface area (Å²) in [6.45, 7) is 0. The highest BCUT2D eigenvalue weighted by Crippen LogP contribution is 2.18. The number of hydrogen-bond donors (Lipinski definition) is 0. The number of rotatable bonds is 2. The van der Waals surface area contributed by atoms with Crippen LogP contribution in [0, 0.1) is 0 Å². The van der Waals surface area contributed by atoms with E-state index in [1.165, 1.54) is 0 Å². The second-order valence-corrected chi connectivity index (χ2v) is 4.26. The molecule has 0 fully saturated rings. The Balaban J connectivity index is 2.06. The van der Waals surface area contributed by atoms with Gasteiger partial charge < -0.3 is 0 Å². The molecule has 4 rings (SSSR count).